The zero-order valence-electron chi connectivity index (χ0n) is 14.5. The van der Waals surface area contributed by atoms with E-state index in [4.69, 9.17) is 9.15 Å². The zero-order chi connectivity index (χ0) is 16.8. The molecular formula is C20H25FO3. The van der Waals surface area contributed by atoms with Crippen molar-refractivity contribution in [3.63, 3.8) is 0 Å². The van der Waals surface area contributed by atoms with Gasteiger partial charge in [-0.2, -0.15) is 0 Å². The Morgan fingerprint density at radius 1 is 1.25 bits per heavy atom. The molecule has 4 aliphatic rings. The number of rotatable bonds is 0. The van der Waals surface area contributed by atoms with Gasteiger partial charge >= 0.3 is 5.97 Å². The van der Waals surface area contributed by atoms with Crippen molar-refractivity contribution in [2.24, 2.45) is 35.0 Å². The van der Waals surface area contributed by atoms with Crippen LogP contribution >= 0.6 is 0 Å². The molecule has 0 amide bonds. The Hall–Kier alpha value is -1.32. The molecule has 2 heterocycles. The second kappa shape index (κ2) is 4.64. The highest BCUT2D eigenvalue weighted by Gasteiger charge is 2.67. The largest absolute Gasteiger partial charge is 0.469 e. The normalized spacial score (nSPS) is 48.2. The number of hydrogen-bond acceptors (Lipinski definition) is 3. The molecule has 130 valence electrons. The van der Waals surface area contributed by atoms with Gasteiger partial charge in [0.25, 0.3) is 0 Å². The highest BCUT2D eigenvalue weighted by atomic mass is 19.1. The number of hydrogen-bond donors (Lipinski definition) is 0. The summed E-state index contributed by atoms with van der Waals surface area (Å²) in [4.78, 5) is 12.6. The summed E-state index contributed by atoms with van der Waals surface area (Å²) in [5.74, 6) is 1.44. The number of halogens is 1. The van der Waals surface area contributed by atoms with Crippen LogP contribution in [-0.4, -0.2) is 12.3 Å². The fourth-order valence-electron chi connectivity index (χ4n) is 7.11. The number of esters is 1. The molecule has 4 unspecified atom stereocenters. The van der Waals surface area contributed by atoms with Crippen molar-refractivity contribution in [1.29, 1.82) is 0 Å². The van der Waals surface area contributed by atoms with Crippen molar-refractivity contribution in [2.45, 2.75) is 58.2 Å². The summed E-state index contributed by atoms with van der Waals surface area (Å²) in [6, 6.07) is 1.90. The number of fused-ring (bicyclic) bond motifs is 5. The van der Waals surface area contributed by atoms with Crippen molar-refractivity contribution >= 4 is 5.97 Å². The summed E-state index contributed by atoms with van der Waals surface area (Å²) in [6.45, 7) is 6.76. The van der Waals surface area contributed by atoms with Gasteiger partial charge in [-0.3, -0.25) is 4.79 Å². The highest BCUT2D eigenvalue weighted by Crippen LogP contribution is 2.69. The molecule has 3 fully saturated rings. The summed E-state index contributed by atoms with van der Waals surface area (Å²) >= 11 is 0. The summed E-state index contributed by atoms with van der Waals surface area (Å²) in [7, 11) is 0. The number of ether oxygens (including phenoxy) is 1. The maximum Gasteiger partial charge on any atom is 0.316 e. The van der Waals surface area contributed by atoms with Gasteiger partial charge in [0, 0.05) is 17.4 Å². The molecule has 0 N–H and O–H groups in total. The molecule has 3 aliphatic carbocycles. The van der Waals surface area contributed by atoms with E-state index in [1.807, 2.05) is 6.07 Å². The van der Waals surface area contributed by atoms with Gasteiger partial charge in [-0.05, 0) is 48.0 Å². The van der Waals surface area contributed by atoms with Gasteiger partial charge in [0.15, 0.2) is 0 Å². The molecular weight excluding hydrogens is 307 g/mol. The molecule has 1 aromatic heterocycles. The smallest absolute Gasteiger partial charge is 0.316 e. The Morgan fingerprint density at radius 3 is 2.83 bits per heavy atom. The minimum absolute atomic E-state index is 0.0636. The van der Waals surface area contributed by atoms with E-state index in [0.717, 1.165) is 24.2 Å². The summed E-state index contributed by atoms with van der Waals surface area (Å²) in [6.07, 6.45) is 3.69. The lowest BCUT2D eigenvalue weighted by Gasteiger charge is -2.45. The van der Waals surface area contributed by atoms with Crippen LogP contribution in [0.15, 0.2) is 16.7 Å². The Morgan fingerprint density at radius 2 is 2.04 bits per heavy atom. The van der Waals surface area contributed by atoms with Crippen LogP contribution in [0.4, 0.5) is 4.39 Å². The van der Waals surface area contributed by atoms with Gasteiger partial charge in [0.1, 0.15) is 5.76 Å². The number of cyclic esters (lactones) is 1. The van der Waals surface area contributed by atoms with E-state index in [-0.39, 0.29) is 35.1 Å². The third kappa shape index (κ3) is 1.65. The first-order valence-electron chi connectivity index (χ1n) is 9.33. The van der Waals surface area contributed by atoms with Crippen molar-refractivity contribution in [3.8, 4) is 0 Å². The van der Waals surface area contributed by atoms with Crippen LogP contribution < -0.4 is 0 Å². The Bertz CT molecular complexity index is 693. The lowest BCUT2D eigenvalue weighted by molar-refractivity contribution is -0.190. The Labute approximate surface area is 141 Å². The molecule has 3 nitrogen and oxygen atoms in total. The van der Waals surface area contributed by atoms with Crippen molar-refractivity contribution in [2.75, 3.05) is 0 Å². The number of furan rings is 1. The fraction of sp³-hybridized carbons (Fsp3) is 0.750. The van der Waals surface area contributed by atoms with Crippen LogP contribution in [0, 0.1) is 35.0 Å². The monoisotopic (exact) mass is 332 g/mol. The highest BCUT2D eigenvalue weighted by molar-refractivity contribution is 5.80. The molecule has 1 saturated heterocycles. The maximum absolute atomic E-state index is 15.0. The molecule has 24 heavy (non-hydrogen) atoms. The van der Waals surface area contributed by atoms with Crippen molar-refractivity contribution in [3.05, 3.63) is 23.7 Å². The minimum Gasteiger partial charge on any atom is -0.469 e. The first-order valence-corrected chi connectivity index (χ1v) is 9.33. The topological polar surface area (TPSA) is 39.4 Å². The van der Waals surface area contributed by atoms with E-state index in [1.165, 1.54) is 6.42 Å². The number of carbonyl (C=O) groups excluding carboxylic acids is 1. The van der Waals surface area contributed by atoms with Gasteiger partial charge in [-0.25, -0.2) is 4.39 Å². The molecule has 0 aromatic carbocycles. The number of alkyl halides is 1. The second-order valence-electron chi connectivity index (χ2n) is 9.10. The van der Waals surface area contributed by atoms with Crippen LogP contribution in [0.5, 0.6) is 0 Å². The average molecular weight is 332 g/mol. The summed E-state index contributed by atoms with van der Waals surface area (Å²) < 4.78 is 26.0. The molecule has 0 spiro atoms. The average Bonchev–Trinajstić information content (AvgIpc) is 3.10. The fourth-order valence-corrected chi connectivity index (χ4v) is 7.11. The van der Waals surface area contributed by atoms with Crippen LogP contribution in [-0.2, 0) is 9.53 Å². The third-order valence-corrected chi connectivity index (χ3v) is 7.74. The minimum atomic E-state index is -1.45. The maximum atomic E-state index is 15.0. The van der Waals surface area contributed by atoms with Crippen LogP contribution in [0.25, 0.3) is 0 Å². The van der Waals surface area contributed by atoms with E-state index in [0.29, 0.717) is 17.8 Å². The number of carbonyl (C=O) groups is 1. The summed E-state index contributed by atoms with van der Waals surface area (Å²) in [5, 5.41) is 0. The first-order chi connectivity index (χ1) is 11.4. The molecule has 1 aromatic rings. The lowest BCUT2D eigenvalue weighted by Crippen LogP contribution is -2.47. The molecule has 4 heteroatoms. The predicted molar refractivity (Wildman–Crippen MR) is 85.9 cm³/mol. The van der Waals surface area contributed by atoms with Gasteiger partial charge < -0.3 is 9.15 Å². The Kier molecular flexibility index (Phi) is 2.90. The second-order valence-corrected chi connectivity index (χ2v) is 9.10. The van der Waals surface area contributed by atoms with Gasteiger partial charge in [0.2, 0.25) is 6.36 Å². The van der Waals surface area contributed by atoms with Crippen LogP contribution in [0.3, 0.4) is 0 Å². The standard InChI is InChI=1S/C20H25FO3/c1-9-12-10-5-4-7-20(2,3)16(10)15-14(12)13(19(22)24-18(15)21)11-6-8-23-17(9)11/h6,8-10,12-16,18H,4-5,7H2,1-3H3/t9-,10?,12?,13-,14?,15+,16?,18+/m1/s1. The predicted octanol–water partition coefficient (Wildman–Crippen LogP) is 4.64. The molecule has 8 atom stereocenters. The van der Waals surface area contributed by atoms with Gasteiger partial charge in [-0.15, -0.1) is 0 Å². The van der Waals surface area contributed by atoms with Gasteiger partial charge in [-0.1, -0.05) is 27.2 Å². The third-order valence-electron chi connectivity index (χ3n) is 7.74. The van der Waals surface area contributed by atoms with E-state index in [9.17, 15) is 9.18 Å². The first kappa shape index (κ1) is 15.0. The van der Waals surface area contributed by atoms with Crippen molar-refractivity contribution < 1.29 is 18.3 Å². The van der Waals surface area contributed by atoms with E-state index >= 15 is 0 Å². The molecule has 0 radical (unpaired) electrons. The quantitative estimate of drug-likeness (QED) is 0.650. The van der Waals surface area contributed by atoms with E-state index in [1.54, 1.807) is 6.26 Å². The van der Waals surface area contributed by atoms with Crippen molar-refractivity contribution in [1.82, 2.24) is 0 Å². The molecule has 1 aliphatic heterocycles. The SMILES string of the molecule is C[C@H]1c2occc2[C@H]2C(=O)O[C@H](F)[C@H]3C2C1C1CCCC(C)(C)C13. The van der Waals surface area contributed by atoms with Crippen LogP contribution in [0.1, 0.15) is 63.2 Å². The van der Waals surface area contributed by atoms with Crippen LogP contribution in [0.2, 0.25) is 0 Å². The van der Waals surface area contributed by atoms with E-state index in [2.05, 4.69) is 20.8 Å². The Balaban J connectivity index is 1.71. The zero-order valence-corrected chi connectivity index (χ0v) is 14.5. The molecule has 5 rings (SSSR count). The van der Waals surface area contributed by atoms with Gasteiger partial charge in [0.05, 0.1) is 12.2 Å². The molecule has 0 bridgehead atoms. The molecule has 2 saturated carbocycles. The lowest BCUT2D eigenvalue weighted by atomic mass is 9.60. The van der Waals surface area contributed by atoms with E-state index < -0.39 is 6.36 Å². The summed E-state index contributed by atoms with van der Waals surface area (Å²) in [5.41, 5.74) is 1.05.